The van der Waals surface area contributed by atoms with Crippen LogP contribution in [0.4, 0.5) is 0 Å². The number of aromatic carboxylic acids is 1. The molecule has 0 aliphatic rings. The molecule has 0 unspecified atom stereocenters. The standard InChI is InChI=1S/C22H21NO5/c1-4-27-21(26)22(2,3)28-16-11-9-14(10-12-16)19-17(20(24)25)13-15-7-5-6-8-18(15)23-19/h5-13H,4H2,1-3H3,(H,24,25). The highest BCUT2D eigenvalue weighted by Gasteiger charge is 2.31. The number of ether oxygens (including phenoxy) is 2. The number of fused-ring (bicyclic) bond motifs is 1. The third-order valence-electron chi connectivity index (χ3n) is 4.22. The smallest absolute Gasteiger partial charge is 0.349 e. The summed E-state index contributed by atoms with van der Waals surface area (Å²) in [5.74, 6) is -1.03. The van der Waals surface area contributed by atoms with E-state index in [4.69, 9.17) is 9.47 Å². The van der Waals surface area contributed by atoms with Gasteiger partial charge in [-0.15, -0.1) is 0 Å². The van der Waals surface area contributed by atoms with E-state index in [1.54, 1.807) is 51.1 Å². The number of nitrogens with zero attached hydrogens (tertiary/aromatic N) is 1. The number of carbonyl (C=O) groups is 2. The van der Waals surface area contributed by atoms with Crippen LogP contribution < -0.4 is 4.74 Å². The summed E-state index contributed by atoms with van der Waals surface area (Å²) in [4.78, 5) is 28.2. The SMILES string of the molecule is CCOC(=O)C(C)(C)Oc1ccc(-c2nc3ccccc3cc2C(=O)O)cc1. The lowest BCUT2D eigenvalue weighted by Crippen LogP contribution is -2.39. The molecule has 0 amide bonds. The van der Waals surface area contributed by atoms with Crippen LogP contribution in [0.1, 0.15) is 31.1 Å². The predicted molar refractivity (Wildman–Crippen MR) is 105 cm³/mol. The van der Waals surface area contributed by atoms with E-state index in [-0.39, 0.29) is 12.2 Å². The van der Waals surface area contributed by atoms with Crippen molar-refractivity contribution >= 4 is 22.8 Å². The van der Waals surface area contributed by atoms with Crippen LogP contribution in [0.5, 0.6) is 5.75 Å². The largest absolute Gasteiger partial charge is 0.478 e. The minimum absolute atomic E-state index is 0.124. The molecule has 0 saturated carbocycles. The van der Waals surface area contributed by atoms with Gasteiger partial charge in [0, 0.05) is 10.9 Å². The molecule has 6 heteroatoms. The topological polar surface area (TPSA) is 85.7 Å². The Morgan fingerprint density at radius 3 is 2.39 bits per heavy atom. The Kier molecular flexibility index (Phi) is 5.31. The van der Waals surface area contributed by atoms with Crippen molar-refractivity contribution in [2.24, 2.45) is 0 Å². The molecule has 1 N–H and O–H groups in total. The molecule has 0 atom stereocenters. The van der Waals surface area contributed by atoms with Crippen molar-refractivity contribution < 1.29 is 24.2 Å². The second-order valence-corrected chi connectivity index (χ2v) is 6.74. The van der Waals surface area contributed by atoms with Crippen molar-refractivity contribution in [3.63, 3.8) is 0 Å². The maximum absolute atomic E-state index is 12.0. The molecule has 3 aromatic rings. The van der Waals surface area contributed by atoms with E-state index in [0.717, 1.165) is 5.39 Å². The zero-order valence-corrected chi connectivity index (χ0v) is 15.9. The maximum Gasteiger partial charge on any atom is 0.349 e. The van der Waals surface area contributed by atoms with Crippen LogP contribution in [0.2, 0.25) is 0 Å². The lowest BCUT2D eigenvalue weighted by atomic mass is 10.0. The number of carboxylic acid groups (broad SMARTS) is 1. The number of benzene rings is 2. The van der Waals surface area contributed by atoms with E-state index in [0.29, 0.717) is 22.5 Å². The highest BCUT2D eigenvalue weighted by atomic mass is 16.6. The molecule has 0 aliphatic carbocycles. The van der Waals surface area contributed by atoms with Crippen molar-refractivity contribution in [3.05, 3.63) is 60.2 Å². The number of carbonyl (C=O) groups excluding carboxylic acids is 1. The van der Waals surface area contributed by atoms with Gasteiger partial charge in [-0.1, -0.05) is 18.2 Å². The van der Waals surface area contributed by atoms with E-state index in [1.807, 2.05) is 24.3 Å². The molecule has 28 heavy (non-hydrogen) atoms. The molecule has 1 aromatic heterocycles. The number of aromatic nitrogens is 1. The summed E-state index contributed by atoms with van der Waals surface area (Å²) in [5.41, 5.74) is 0.725. The van der Waals surface area contributed by atoms with E-state index in [9.17, 15) is 14.7 Å². The predicted octanol–water partition coefficient (Wildman–Crippen LogP) is 4.32. The number of hydrogen-bond donors (Lipinski definition) is 1. The summed E-state index contributed by atoms with van der Waals surface area (Å²) >= 11 is 0. The third-order valence-corrected chi connectivity index (χ3v) is 4.22. The highest BCUT2D eigenvalue weighted by Crippen LogP contribution is 2.28. The van der Waals surface area contributed by atoms with Crippen molar-refractivity contribution in [1.82, 2.24) is 4.98 Å². The maximum atomic E-state index is 12.0. The van der Waals surface area contributed by atoms with Crippen molar-refractivity contribution in [2.75, 3.05) is 6.61 Å². The molecule has 0 spiro atoms. The van der Waals surface area contributed by atoms with Crippen LogP contribution in [-0.2, 0) is 9.53 Å². The van der Waals surface area contributed by atoms with E-state index >= 15 is 0 Å². The van der Waals surface area contributed by atoms with Crippen LogP contribution in [-0.4, -0.2) is 34.2 Å². The fourth-order valence-corrected chi connectivity index (χ4v) is 2.82. The quantitative estimate of drug-likeness (QED) is 0.642. The molecule has 0 fully saturated rings. The molecule has 0 saturated heterocycles. The summed E-state index contributed by atoms with van der Waals surface area (Å²) in [6.45, 7) is 5.27. The fraction of sp³-hybridized carbons (Fsp3) is 0.227. The summed E-state index contributed by atoms with van der Waals surface area (Å²) in [6, 6.07) is 15.8. The summed E-state index contributed by atoms with van der Waals surface area (Å²) < 4.78 is 10.8. The minimum Gasteiger partial charge on any atom is -0.478 e. The average molecular weight is 379 g/mol. The van der Waals surface area contributed by atoms with Crippen LogP contribution in [0, 0.1) is 0 Å². The molecule has 0 aliphatic heterocycles. The van der Waals surface area contributed by atoms with Crippen LogP contribution in [0.15, 0.2) is 54.6 Å². The Balaban J connectivity index is 1.94. The Bertz CT molecular complexity index is 1020. The second-order valence-electron chi connectivity index (χ2n) is 6.74. The fourth-order valence-electron chi connectivity index (χ4n) is 2.82. The molecule has 1 heterocycles. The number of esters is 1. The molecule has 0 radical (unpaired) electrons. The first-order chi connectivity index (χ1) is 13.3. The normalized spacial score (nSPS) is 11.2. The first-order valence-corrected chi connectivity index (χ1v) is 8.91. The Morgan fingerprint density at radius 1 is 1.07 bits per heavy atom. The van der Waals surface area contributed by atoms with Gasteiger partial charge in [-0.05, 0) is 57.2 Å². The van der Waals surface area contributed by atoms with Gasteiger partial charge in [-0.25, -0.2) is 14.6 Å². The number of carboxylic acids is 1. The average Bonchev–Trinajstić information content (AvgIpc) is 2.67. The van der Waals surface area contributed by atoms with Crippen molar-refractivity contribution in [2.45, 2.75) is 26.4 Å². The Morgan fingerprint density at radius 2 is 1.75 bits per heavy atom. The molecular formula is C22H21NO5. The van der Waals surface area contributed by atoms with Crippen LogP contribution in [0.25, 0.3) is 22.2 Å². The van der Waals surface area contributed by atoms with E-state index in [1.165, 1.54) is 0 Å². The van der Waals surface area contributed by atoms with Crippen LogP contribution in [0.3, 0.4) is 0 Å². The molecule has 0 bridgehead atoms. The number of para-hydroxylation sites is 1. The van der Waals surface area contributed by atoms with Gasteiger partial charge in [0.1, 0.15) is 5.75 Å². The number of hydrogen-bond acceptors (Lipinski definition) is 5. The van der Waals surface area contributed by atoms with Crippen molar-refractivity contribution in [3.8, 4) is 17.0 Å². The lowest BCUT2D eigenvalue weighted by molar-refractivity contribution is -0.158. The highest BCUT2D eigenvalue weighted by molar-refractivity contribution is 5.99. The van der Waals surface area contributed by atoms with Gasteiger partial charge in [0.15, 0.2) is 5.60 Å². The monoisotopic (exact) mass is 379 g/mol. The summed E-state index contributed by atoms with van der Waals surface area (Å²) in [6.07, 6.45) is 0. The van der Waals surface area contributed by atoms with Gasteiger partial charge in [0.25, 0.3) is 0 Å². The summed E-state index contributed by atoms with van der Waals surface area (Å²) in [5, 5.41) is 10.4. The second kappa shape index (κ2) is 7.68. The van der Waals surface area contributed by atoms with Crippen molar-refractivity contribution in [1.29, 1.82) is 0 Å². The molecule has 2 aromatic carbocycles. The van der Waals surface area contributed by atoms with Gasteiger partial charge in [0.2, 0.25) is 0 Å². The number of pyridine rings is 1. The Hall–Kier alpha value is -3.41. The zero-order chi connectivity index (χ0) is 20.3. The number of rotatable bonds is 6. The Labute approximate surface area is 162 Å². The van der Waals surface area contributed by atoms with Gasteiger partial charge < -0.3 is 14.6 Å². The third kappa shape index (κ3) is 3.96. The summed E-state index contributed by atoms with van der Waals surface area (Å²) in [7, 11) is 0. The minimum atomic E-state index is -1.13. The van der Waals surface area contributed by atoms with Gasteiger partial charge in [0.05, 0.1) is 23.4 Å². The van der Waals surface area contributed by atoms with Gasteiger partial charge in [-0.3, -0.25) is 0 Å². The van der Waals surface area contributed by atoms with Gasteiger partial charge >= 0.3 is 11.9 Å². The van der Waals surface area contributed by atoms with Gasteiger partial charge in [-0.2, -0.15) is 0 Å². The first kappa shape index (κ1) is 19.4. The molecule has 144 valence electrons. The van der Waals surface area contributed by atoms with Crippen LogP contribution >= 0.6 is 0 Å². The van der Waals surface area contributed by atoms with E-state index < -0.39 is 17.5 Å². The van der Waals surface area contributed by atoms with E-state index in [2.05, 4.69) is 4.98 Å². The molecule has 6 nitrogen and oxygen atoms in total. The first-order valence-electron chi connectivity index (χ1n) is 8.91. The lowest BCUT2D eigenvalue weighted by Gasteiger charge is -2.24. The molecular weight excluding hydrogens is 358 g/mol. The molecule has 3 rings (SSSR count). The zero-order valence-electron chi connectivity index (χ0n) is 15.9.